The van der Waals surface area contributed by atoms with Crippen molar-refractivity contribution < 1.29 is 0 Å². The topological polar surface area (TPSA) is 106 Å². The summed E-state index contributed by atoms with van der Waals surface area (Å²) in [6.07, 6.45) is 0. The predicted octanol–water partition coefficient (Wildman–Crippen LogP) is 1.35. The summed E-state index contributed by atoms with van der Waals surface area (Å²) in [5, 5.41) is 25.9. The molecular weight excluding hydrogens is 188 g/mol. The summed E-state index contributed by atoms with van der Waals surface area (Å²) in [7, 11) is 0. The zero-order chi connectivity index (χ0) is 8.12. The monoisotopic (exact) mass is 194 g/mol. The molecule has 56 valence electrons. The van der Waals surface area contributed by atoms with Crippen LogP contribution in [-0.4, -0.2) is 0 Å². The van der Waals surface area contributed by atoms with Crippen molar-refractivity contribution in [1.82, 2.24) is 6.15 Å². The third-order valence-electron chi connectivity index (χ3n) is 0. The second-order valence-electron chi connectivity index (χ2n) is 0.300. The van der Waals surface area contributed by atoms with Crippen molar-refractivity contribution in [3.63, 3.8) is 0 Å². The van der Waals surface area contributed by atoms with Gasteiger partial charge in [0.15, 0.2) is 0 Å². The van der Waals surface area contributed by atoms with E-state index in [0.717, 1.165) is 0 Å². The highest BCUT2D eigenvalue weighted by Gasteiger charge is 1.18. The van der Waals surface area contributed by atoms with Crippen molar-refractivity contribution >= 4 is 37.9 Å². The van der Waals surface area contributed by atoms with E-state index in [1.54, 1.807) is 0 Å². The molecule has 4 nitrogen and oxygen atoms in total. The van der Waals surface area contributed by atoms with Crippen LogP contribution in [0.1, 0.15) is 0 Å². The highest BCUT2D eigenvalue weighted by Crippen LogP contribution is 1.47. The maximum Gasteiger partial charge on any atom is 0.130 e. The molecule has 0 unspecified atom stereocenters. The lowest BCUT2D eigenvalue weighted by Crippen LogP contribution is -0.961. The summed E-state index contributed by atoms with van der Waals surface area (Å²) < 4.78 is 0. The number of thiol groups is 3. The molecule has 0 bridgehead atoms. The zero-order valence-electron chi connectivity index (χ0n) is 4.89. The molecule has 0 fully saturated rings. The van der Waals surface area contributed by atoms with E-state index >= 15 is 0 Å². The molecule has 10 heavy (non-hydrogen) atoms. The van der Waals surface area contributed by atoms with Crippen LogP contribution in [0.5, 0.6) is 0 Å². The van der Waals surface area contributed by atoms with Crippen molar-refractivity contribution in [2.24, 2.45) is 0 Å². The fourth-order valence-electron chi connectivity index (χ4n) is 0. The minimum absolute atomic E-state index is 0. The van der Waals surface area contributed by atoms with Crippen molar-refractivity contribution in [2.45, 2.75) is 0 Å². The molecule has 0 saturated carbocycles. The first-order chi connectivity index (χ1) is 4.24. The van der Waals surface area contributed by atoms with E-state index < -0.39 is 0 Å². The van der Waals surface area contributed by atoms with E-state index in [-0.39, 0.29) is 6.15 Å². The number of nitrogens with zero attached hydrogens (tertiary/aromatic N) is 3. The van der Waals surface area contributed by atoms with Crippen molar-refractivity contribution in [3.8, 4) is 16.2 Å². The van der Waals surface area contributed by atoms with E-state index in [4.69, 9.17) is 15.8 Å². The Labute approximate surface area is 76.3 Å². The maximum absolute atomic E-state index is 7.18. The summed E-state index contributed by atoms with van der Waals surface area (Å²) in [6, 6.07) is 0. The van der Waals surface area contributed by atoms with E-state index in [1.807, 2.05) is 0 Å². The zero-order valence-corrected chi connectivity index (χ0v) is 7.57. The van der Waals surface area contributed by atoms with Crippen LogP contribution in [0.2, 0.25) is 0 Å². The van der Waals surface area contributed by atoms with Gasteiger partial charge in [-0.15, -0.1) is 0 Å². The smallest absolute Gasteiger partial charge is 0.130 e. The first-order valence-corrected chi connectivity index (χ1v) is 2.68. The van der Waals surface area contributed by atoms with Crippen molar-refractivity contribution in [3.05, 3.63) is 0 Å². The summed E-state index contributed by atoms with van der Waals surface area (Å²) in [6.45, 7) is 0. The number of hydrogen-bond donors (Lipinski definition) is 4. The molecule has 0 radical (unpaired) electrons. The third-order valence-corrected chi connectivity index (χ3v) is 0. The summed E-state index contributed by atoms with van der Waals surface area (Å²) in [4.78, 5) is 0. The highest BCUT2D eigenvalue weighted by molar-refractivity contribution is 7.85. The number of nitriles is 3. The average molecular weight is 194 g/mol. The number of thiocyanates is 3. The van der Waals surface area contributed by atoms with Gasteiger partial charge in [-0.3, -0.25) is 0 Å². The molecule has 0 aromatic rings. The molecule has 0 heterocycles. The SMILES string of the molecule is N.N#CS.N#CS.N#CS. The van der Waals surface area contributed by atoms with Crippen LogP contribution in [0.4, 0.5) is 0 Å². The summed E-state index contributed by atoms with van der Waals surface area (Å²) >= 11 is 9.28. The van der Waals surface area contributed by atoms with Gasteiger partial charge in [0.05, 0.1) is 0 Å². The van der Waals surface area contributed by atoms with E-state index in [9.17, 15) is 0 Å². The van der Waals surface area contributed by atoms with Gasteiger partial charge in [-0.2, -0.15) is 15.8 Å². The van der Waals surface area contributed by atoms with Crippen LogP contribution < -0.4 is 6.15 Å². The van der Waals surface area contributed by atoms with Gasteiger partial charge < -0.3 is 6.15 Å². The van der Waals surface area contributed by atoms with Crippen LogP contribution in [0.3, 0.4) is 0 Å². The third kappa shape index (κ3) is 1160. The summed E-state index contributed by atoms with van der Waals surface area (Å²) in [5.74, 6) is 0. The lowest BCUT2D eigenvalue weighted by atomic mass is 11.8. The molecule has 0 aromatic carbocycles. The average Bonchev–Trinajstić information content (AvgIpc) is 1.70. The van der Waals surface area contributed by atoms with Gasteiger partial charge in [-0.1, -0.05) is 37.9 Å². The molecule has 0 rings (SSSR count). The van der Waals surface area contributed by atoms with Gasteiger partial charge in [-0.05, 0) is 0 Å². The molecule has 0 aromatic heterocycles. The van der Waals surface area contributed by atoms with Gasteiger partial charge in [0.25, 0.3) is 0 Å². The Morgan fingerprint density at radius 1 is 0.700 bits per heavy atom. The largest absolute Gasteiger partial charge is 0.344 e. The molecule has 0 amide bonds. The molecular formula is C3H6N4S3. The summed E-state index contributed by atoms with van der Waals surface area (Å²) in [5.41, 5.74) is 0. The maximum atomic E-state index is 7.18. The number of hydrogen-bond acceptors (Lipinski definition) is 7. The van der Waals surface area contributed by atoms with E-state index in [0.29, 0.717) is 0 Å². The van der Waals surface area contributed by atoms with Crippen molar-refractivity contribution in [2.75, 3.05) is 0 Å². The lowest BCUT2D eigenvalue weighted by Gasteiger charge is -1.14. The first-order valence-electron chi connectivity index (χ1n) is 1.34. The fraction of sp³-hybridized carbons (Fsp3) is 0. The van der Waals surface area contributed by atoms with Gasteiger partial charge in [0.2, 0.25) is 0 Å². The lowest BCUT2D eigenvalue weighted by molar-refractivity contribution is 1.57. The standard InChI is InChI=1S/3CHNS.H3N/c3*2-1-3;/h3*3H;1H3. The Morgan fingerprint density at radius 3 is 0.700 bits per heavy atom. The Balaban J connectivity index is -0.0000000257. The second kappa shape index (κ2) is 77.1. The van der Waals surface area contributed by atoms with Crippen LogP contribution in [0, 0.1) is 32.0 Å². The molecule has 0 aliphatic heterocycles. The van der Waals surface area contributed by atoms with Crippen LogP contribution in [0.25, 0.3) is 0 Å². The molecule has 0 atom stereocenters. The van der Waals surface area contributed by atoms with E-state index in [1.165, 1.54) is 16.2 Å². The highest BCUT2D eigenvalue weighted by atomic mass is 32.1. The van der Waals surface area contributed by atoms with Crippen LogP contribution in [-0.2, 0) is 0 Å². The Hall–Kier alpha value is -0.520. The van der Waals surface area contributed by atoms with Gasteiger partial charge in [-0.25, -0.2) is 0 Å². The minimum Gasteiger partial charge on any atom is -0.344 e. The first kappa shape index (κ1) is 22.7. The van der Waals surface area contributed by atoms with Gasteiger partial charge in [0, 0.05) is 0 Å². The van der Waals surface area contributed by atoms with E-state index in [2.05, 4.69) is 37.9 Å². The second-order valence-corrected chi connectivity index (χ2v) is 0.900. The molecule has 0 spiro atoms. The molecule has 7 heteroatoms. The van der Waals surface area contributed by atoms with Crippen LogP contribution >= 0.6 is 37.9 Å². The Bertz CT molecular complexity index is 109. The minimum atomic E-state index is 0. The van der Waals surface area contributed by atoms with Gasteiger partial charge >= 0.3 is 0 Å². The Morgan fingerprint density at radius 2 is 0.700 bits per heavy atom. The normalized spacial score (nSPS) is 2.40. The molecule has 0 aliphatic rings. The fourth-order valence-corrected chi connectivity index (χ4v) is 0. The quantitative estimate of drug-likeness (QED) is 0.345. The number of rotatable bonds is 0. The van der Waals surface area contributed by atoms with Crippen molar-refractivity contribution in [1.29, 1.82) is 15.8 Å². The van der Waals surface area contributed by atoms with Gasteiger partial charge in [0.1, 0.15) is 16.2 Å². The molecule has 0 saturated heterocycles. The molecule has 3 N–H and O–H groups in total. The molecule has 0 aliphatic carbocycles. The predicted molar refractivity (Wildman–Crippen MR) is 48.8 cm³/mol. The van der Waals surface area contributed by atoms with Crippen LogP contribution in [0.15, 0.2) is 0 Å². The Kier molecular flexibility index (Phi) is 175.